The van der Waals surface area contributed by atoms with Crippen molar-refractivity contribution in [2.45, 2.75) is 44.2 Å². The number of ketones is 2. The molecule has 2 aliphatic carbocycles. The van der Waals surface area contributed by atoms with Crippen LogP contribution in [-0.4, -0.2) is 23.7 Å². The van der Waals surface area contributed by atoms with Crippen molar-refractivity contribution < 1.29 is 9.59 Å². The molecule has 0 radical (unpaired) electrons. The van der Waals surface area contributed by atoms with E-state index in [-0.39, 0.29) is 17.6 Å². The van der Waals surface area contributed by atoms with Crippen LogP contribution in [0.5, 0.6) is 0 Å². The van der Waals surface area contributed by atoms with Crippen LogP contribution in [0, 0.1) is 0 Å². The predicted octanol–water partition coefficient (Wildman–Crippen LogP) is 1.30. The van der Waals surface area contributed by atoms with Crippen molar-refractivity contribution in [3.8, 4) is 0 Å². The van der Waals surface area contributed by atoms with E-state index < -0.39 is 0 Å². The first-order valence-electron chi connectivity index (χ1n) is 6.01. The molecule has 0 saturated heterocycles. The lowest BCUT2D eigenvalue weighted by molar-refractivity contribution is -0.135. The fourth-order valence-electron chi connectivity index (χ4n) is 2.86. The van der Waals surface area contributed by atoms with Gasteiger partial charge in [-0.15, -0.1) is 0 Å². The maximum absolute atomic E-state index is 11.7. The van der Waals surface area contributed by atoms with E-state index in [9.17, 15) is 9.59 Å². The molecule has 2 atom stereocenters. The van der Waals surface area contributed by atoms with Gasteiger partial charge in [0.25, 0.3) is 0 Å². The molecular formula is C13H15NO2. The highest BCUT2D eigenvalue weighted by Crippen LogP contribution is 2.30. The fourth-order valence-corrected chi connectivity index (χ4v) is 2.86. The van der Waals surface area contributed by atoms with Crippen LogP contribution in [0.3, 0.4) is 0 Å². The molecule has 0 aromatic carbocycles. The van der Waals surface area contributed by atoms with E-state index in [1.54, 1.807) is 0 Å². The standard InChI is InChI=1S/C13H15NO2/c15-12-6-5-11-9(13(12)16)7-8-3-1-2-4-10(8)14-11/h3,7,10-11,14H,1-2,4-6H2. The molecule has 1 heterocycles. The zero-order valence-electron chi connectivity index (χ0n) is 9.16. The number of carbonyl (C=O) groups is 2. The van der Waals surface area contributed by atoms with Gasteiger partial charge in [-0.25, -0.2) is 0 Å². The van der Waals surface area contributed by atoms with E-state index >= 15 is 0 Å². The second kappa shape index (κ2) is 3.67. The topological polar surface area (TPSA) is 46.2 Å². The van der Waals surface area contributed by atoms with Crippen LogP contribution in [0.4, 0.5) is 0 Å². The summed E-state index contributed by atoms with van der Waals surface area (Å²) in [4.78, 5) is 23.1. The first-order valence-corrected chi connectivity index (χ1v) is 6.01. The molecule has 0 aromatic rings. The minimum absolute atomic E-state index is 0.116. The third-order valence-electron chi connectivity index (χ3n) is 3.75. The van der Waals surface area contributed by atoms with Crippen molar-refractivity contribution in [1.29, 1.82) is 0 Å². The highest BCUT2D eigenvalue weighted by atomic mass is 16.2. The van der Waals surface area contributed by atoms with Crippen molar-refractivity contribution in [2.24, 2.45) is 0 Å². The van der Waals surface area contributed by atoms with Gasteiger partial charge in [0.05, 0.1) is 0 Å². The Labute approximate surface area is 94.6 Å². The quantitative estimate of drug-likeness (QED) is 0.622. The molecule has 3 rings (SSSR count). The molecule has 1 aliphatic heterocycles. The largest absolute Gasteiger partial charge is 0.303 e. The van der Waals surface area contributed by atoms with Crippen molar-refractivity contribution >= 4 is 11.6 Å². The van der Waals surface area contributed by atoms with Crippen LogP contribution >= 0.6 is 0 Å². The predicted molar refractivity (Wildman–Crippen MR) is 60.0 cm³/mol. The molecule has 0 amide bonds. The van der Waals surface area contributed by atoms with Gasteiger partial charge < -0.3 is 5.32 Å². The Hall–Kier alpha value is -1.22. The maximum atomic E-state index is 11.7. The summed E-state index contributed by atoms with van der Waals surface area (Å²) in [6, 6.07) is 0.522. The van der Waals surface area contributed by atoms with Gasteiger partial charge >= 0.3 is 0 Å². The first kappa shape index (κ1) is 9.97. The highest BCUT2D eigenvalue weighted by molar-refractivity contribution is 6.44. The fraction of sp³-hybridized carbons (Fsp3) is 0.538. The number of rotatable bonds is 0. The van der Waals surface area contributed by atoms with Crippen LogP contribution < -0.4 is 5.32 Å². The van der Waals surface area contributed by atoms with Crippen molar-refractivity contribution in [3.05, 3.63) is 23.3 Å². The van der Waals surface area contributed by atoms with Gasteiger partial charge in [-0.2, -0.15) is 0 Å². The Kier molecular flexibility index (Phi) is 2.28. The lowest BCUT2D eigenvalue weighted by Gasteiger charge is -2.36. The van der Waals surface area contributed by atoms with E-state index in [0.717, 1.165) is 19.3 Å². The lowest BCUT2D eigenvalue weighted by Crippen LogP contribution is -2.49. The summed E-state index contributed by atoms with van der Waals surface area (Å²) < 4.78 is 0. The molecule has 3 nitrogen and oxygen atoms in total. The monoisotopic (exact) mass is 217 g/mol. The minimum atomic E-state index is -0.270. The van der Waals surface area contributed by atoms with E-state index in [1.807, 2.05) is 6.08 Å². The highest BCUT2D eigenvalue weighted by Gasteiger charge is 2.36. The van der Waals surface area contributed by atoms with Gasteiger partial charge in [0.15, 0.2) is 0 Å². The molecule has 3 aliphatic rings. The number of allylic oxidation sites excluding steroid dienone is 1. The average Bonchev–Trinajstić information content (AvgIpc) is 2.32. The van der Waals surface area contributed by atoms with E-state index in [1.165, 1.54) is 12.0 Å². The number of carbonyl (C=O) groups excluding carboxylic acids is 2. The Morgan fingerprint density at radius 1 is 1.19 bits per heavy atom. The van der Waals surface area contributed by atoms with Gasteiger partial charge in [-0.3, -0.25) is 9.59 Å². The van der Waals surface area contributed by atoms with Gasteiger partial charge in [0.1, 0.15) is 0 Å². The van der Waals surface area contributed by atoms with E-state index in [4.69, 9.17) is 0 Å². The summed E-state index contributed by atoms with van der Waals surface area (Å²) in [6.45, 7) is 0. The van der Waals surface area contributed by atoms with Crippen molar-refractivity contribution in [3.63, 3.8) is 0 Å². The molecule has 84 valence electrons. The summed E-state index contributed by atoms with van der Waals surface area (Å²) >= 11 is 0. The molecule has 0 aromatic heterocycles. The normalized spacial score (nSPS) is 33.8. The second-order valence-corrected chi connectivity index (χ2v) is 4.80. The third kappa shape index (κ3) is 1.47. The Balaban J connectivity index is 1.98. The van der Waals surface area contributed by atoms with Crippen LogP contribution in [0.2, 0.25) is 0 Å². The molecular weight excluding hydrogens is 202 g/mol. The van der Waals surface area contributed by atoms with Crippen molar-refractivity contribution in [1.82, 2.24) is 5.32 Å². The van der Waals surface area contributed by atoms with Gasteiger partial charge in [0, 0.05) is 24.1 Å². The maximum Gasteiger partial charge on any atom is 0.226 e. The van der Waals surface area contributed by atoms with E-state index in [0.29, 0.717) is 18.0 Å². The van der Waals surface area contributed by atoms with Gasteiger partial charge in [0.2, 0.25) is 11.6 Å². The molecule has 1 N–H and O–H groups in total. The summed E-state index contributed by atoms with van der Waals surface area (Å²) in [6.07, 6.45) is 8.78. The summed E-state index contributed by atoms with van der Waals surface area (Å²) in [5.74, 6) is -0.493. The number of hydrogen-bond acceptors (Lipinski definition) is 3. The summed E-state index contributed by atoms with van der Waals surface area (Å²) in [5.41, 5.74) is 1.90. The smallest absolute Gasteiger partial charge is 0.226 e. The van der Waals surface area contributed by atoms with Crippen LogP contribution in [0.25, 0.3) is 0 Å². The molecule has 0 bridgehead atoms. The SMILES string of the molecule is O=C1CCC2NC3CCCC=C3C=C2C1=O. The van der Waals surface area contributed by atoms with Gasteiger partial charge in [-0.05, 0) is 37.3 Å². The number of fused-ring (bicyclic) bond motifs is 2. The molecule has 1 fully saturated rings. The molecule has 0 spiro atoms. The summed E-state index contributed by atoms with van der Waals surface area (Å²) in [5, 5.41) is 3.50. The number of Topliss-reactive ketones (excluding diaryl/α,β-unsaturated/α-hetero) is 2. The molecule has 16 heavy (non-hydrogen) atoms. The van der Waals surface area contributed by atoms with Crippen LogP contribution in [0.1, 0.15) is 32.1 Å². The van der Waals surface area contributed by atoms with Gasteiger partial charge in [-0.1, -0.05) is 6.08 Å². The second-order valence-electron chi connectivity index (χ2n) is 4.80. The Morgan fingerprint density at radius 3 is 2.94 bits per heavy atom. The third-order valence-corrected chi connectivity index (χ3v) is 3.75. The lowest BCUT2D eigenvalue weighted by atomic mass is 9.80. The first-order chi connectivity index (χ1) is 7.75. The zero-order chi connectivity index (χ0) is 11.1. The Bertz CT molecular complexity index is 420. The number of hydrogen-bond donors (Lipinski definition) is 1. The zero-order valence-corrected chi connectivity index (χ0v) is 9.16. The molecule has 3 heteroatoms. The van der Waals surface area contributed by atoms with Crippen LogP contribution in [-0.2, 0) is 9.59 Å². The van der Waals surface area contributed by atoms with Crippen LogP contribution in [0.15, 0.2) is 23.3 Å². The minimum Gasteiger partial charge on any atom is -0.303 e. The molecule has 1 saturated carbocycles. The average molecular weight is 217 g/mol. The Morgan fingerprint density at radius 2 is 2.06 bits per heavy atom. The van der Waals surface area contributed by atoms with Crippen molar-refractivity contribution in [2.75, 3.05) is 0 Å². The number of nitrogens with one attached hydrogen (secondary N) is 1. The summed E-state index contributed by atoms with van der Waals surface area (Å²) in [7, 11) is 0. The van der Waals surface area contributed by atoms with E-state index in [2.05, 4.69) is 11.4 Å². The molecule has 2 unspecified atom stereocenters.